The van der Waals surface area contributed by atoms with E-state index in [2.05, 4.69) is 27.8 Å². The quantitative estimate of drug-likeness (QED) is 0.678. The van der Waals surface area contributed by atoms with Crippen molar-refractivity contribution in [3.05, 3.63) is 66.9 Å². The number of thioether (sulfide) groups is 1. The maximum Gasteiger partial charge on any atom is 0.174 e. The molecule has 0 aliphatic carbocycles. The van der Waals surface area contributed by atoms with Gasteiger partial charge < -0.3 is 0 Å². The highest BCUT2D eigenvalue weighted by molar-refractivity contribution is 7.99. The Bertz CT molecular complexity index is 758. The smallest absolute Gasteiger partial charge is 0.174 e. The fraction of sp³-hybridized carbons (Fsp3) is 0.0588. The number of hydrogen-bond donors (Lipinski definition) is 0. The predicted octanol–water partition coefficient (Wildman–Crippen LogP) is 4.15. The molecule has 0 unspecified atom stereocenters. The molecule has 0 fully saturated rings. The molecule has 0 amide bonds. The van der Waals surface area contributed by atoms with Gasteiger partial charge in [-0.2, -0.15) is 5.26 Å². The molecule has 4 heteroatoms. The second kappa shape index (κ2) is 6.29. The van der Waals surface area contributed by atoms with E-state index in [-0.39, 0.29) is 0 Å². The average Bonchev–Trinajstić information content (AvgIpc) is 2.98. The summed E-state index contributed by atoms with van der Waals surface area (Å²) in [6, 6.07) is 22.4. The Morgan fingerprint density at radius 1 is 1.00 bits per heavy atom. The predicted molar refractivity (Wildman–Crippen MR) is 85.3 cm³/mol. The Kier molecular flexibility index (Phi) is 4.04. The summed E-state index contributed by atoms with van der Waals surface area (Å²) < 4.78 is 2.09. The summed E-state index contributed by atoms with van der Waals surface area (Å²) in [5.74, 6) is 0.387. The first-order valence-electron chi connectivity index (χ1n) is 6.58. The molecule has 0 bridgehead atoms. The zero-order chi connectivity index (χ0) is 14.5. The van der Waals surface area contributed by atoms with Crippen LogP contribution in [0.15, 0.2) is 72.0 Å². The first-order chi connectivity index (χ1) is 10.4. The molecule has 102 valence electrons. The van der Waals surface area contributed by atoms with Crippen LogP contribution in [0, 0.1) is 11.3 Å². The number of rotatable bonds is 4. The molecule has 3 aromatic rings. The lowest BCUT2D eigenvalue weighted by Gasteiger charge is -2.11. The molecule has 3 nitrogen and oxygen atoms in total. The molecule has 3 rings (SSSR count). The molecular weight excluding hydrogens is 278 g/mol. The molecule has 0 saturated heterocycles. The Hall–Kier alpha value is -2.51. The number of para-hydroxylation sites is 1. The molecule has 1 heterocycles. The molecule has 0 saturated carbocycles. The second-order valence-electron chi connectivity index (χ2n) is 4.41. The molecule has 0 radical (unpaired) electrons. The van der Waals surface area contributed by atoms with Gasteiger partial charge in [0.15, 0.2) is 5.16 Å². The summed E-state index contributed by atoms with van der Waals surface area (Å²) in [5.41, 5.74) is 3.19. The van der Waals surface area contributed by atoms with Gasteiger partial charge in [-0.3, -0.25) is 4.57 Å². The van der Waals surface area contributed by atoms with Crippen LogP contribution in [0.1, 0.15) is 0 Å². The van der Waals surface area contributed by atoms with Gasteiger partial charge in [0, 0.05) is 11.3 Å². The van der Waals surface area contributed by atoms with Crippen LogP contribution in [-0.2, 0) is 0 Å². The summed E-state index contributed by atoms with van der Waals surface area (Å²) in [4.78, 5) is 4.48. The van der Waals surface area contributed by atoms with Crippen molar-refractivity contribution in [2.75, 3.05) is 5.75 Å². The van der Waals surface area contributed by atoms with Crippen molar-refractivity contribution in [1.82, 2.24) is 9.55 Å². The number of aromatic nitrogens is 2. The number of hydrogen-bond acceptors (Lipinski definition) is 3. The summed E-state index contributed by atoms with van der Waals surface area (Å²) in [6.07, 6.45) is 1.86. The zero-order valence-electron chi connectivity index (χ0n) is 11.3. The molecule has 2 aromatic carbocycles. The molecule has 0 aliphatic rings. The average molecular weight is 291 g/mol. The third-order valence-electron chi connectivity index (χ3n) is 3.08. The number of nitriles is 1. The van der Waals surface area contributed by atoms with E-state index in [1.54, 1.807) is 0 Å². The van der Waals surface area contributed by atoms with E-state index in [0.29, 0.717) is 5.75 Å². The van der Waals surface area contributed by atoms with Gasteiger partial charge in [0.2, 0.25) is 0 Å². The maximum absolute atomic E-state index is 8.80. The molecular formula is C17H13N3S. The minimum Gasteiger partial charge on any atom is -0.287 e. The van der Waals surface area contributed by atoms with E-state index < -0.39 is 0 Å². The largest absolute Gasteiger partial charge is 0.287 e. The van der Waals surface area contributed by atoms with Gasteiger partial charge >= 0.3 is 0 Å². The fourth-order valence-electron chi connectivity index (χ4n) is 2.17. The van der Waals surface area contributed by atoms with E-state index >= 15 is 0 Å². The molecule has 1 aromatic heterocycles. The number of imidazole rings is 1. The third-order valence-corrected chi connectivity index (χ3v) is 3.90. The van der Waals surface area contributed by atoms with Gasteiger partial charge in [-0.15, -0.1) is 0 Å². The van der Waals surface area contributed by atoms with Crippen molar-refractivity contribution in [3.8, 4) is 23.0 Å². The minimum absolute atomic E-state index is 0.387. The number of nitrogens with zero attached hydrogens (tertiary/aromatic N) is 3. The van der Waals surface area contributed by atoms with Crippen LogP contribution in [0.3, 0.4) is 0 Å². The van der Waals surface area contributed by atoms with Gasteiger partial charge in [-0.25, -0.2) is 4.98 Å². The van der Waals surface area contributed by atoms with Crippen LogP contribution < -0.4 is 0 Å². The summed E-state index contributed by atoms with van der Waals surface area (Å²) in [7, 11) is 0. The van der Waals surface area contributed by atoms with Gasteiger partial charge in [-0.05, 0) is 12.1 Å². The Morgan fingerprint density at radius 2 is 1.67 bits per heavy atom. The van der Waals surface area contributed by atoms with E-state index in [1.165, 1.54) is 11.8 Å². The Labute approximate surface area is 127 Å². The van der Waals surface area contributed by atoms with E-state index in [1.807, 2.05) is 54.7 Å². The first-order valence-corrected chi connectivity index (χ1v) is 7.57. The Balaban J connectivity index is 2.13. The van der Waals surface area contributed by atoms with Crippen LogP contribution in [0.5, 0.6) is 0 Å². The second-order valence-corrected chi connectivity index (χ2v) is 5.35. The maximum atomic E-state index is 8.80. The van der Waals surface area contributed by atoms with E-state index in [4.69, 9.17) is 5.26 Å². The molecule has 0 aliphatic heterocycles. The molecule has 0 atom stereocenters. The van der Waals surface area contributed by atoms with Crippen LogP contribution in [-0.4, -0.2) is 15.3 Å². The SMILES string of the molecule is N#CCSc1ncc(-c2ccccc2)n1-c1ccccc1. The van der Waals surface area contributed by atoms with Gasteiger partial charge in [0.05, 0.1) is 23.7 Å². The van der Waals surface area contributed by atoms with Crippen LogP contribution in [0.2, 0.25) is 0 Å². The highest BCUT2D eigenvalue weighted by atomic mass is 32.2. The van der Waals surface area contributed by atoms with E-state index in [9.17, 15) is 0 Å². The minimum atomic E-state index is 0.387. The van der Waals surface area contributed by atoms with E-state index in [0.717, 1.165) is 22.1 Å². The molecule has 0 spiro atoms. The molecule has 0 N–H and O–H groups in total. The molecule has 21 heavy (non-hydrogen) atoms. The van der Waals surface area contributed by atoms with Gasteiger partial charge in [0.1, 0.15) is 0 Å². The fourth-order valence-corrected chi connectivity index (χ4v) is 2.83. The van der Waals surface area contributed by atoms with Crippen molar-refractivity contribution in [3.63, 3.8) is 0 Å². The third kappa shape index (κ3) is 2.83. The zero-order valence-corrected chi connectivity index (χ0v) is 12.1. The summed E-state index contributed by atoms with van der Waals surface area (Å²) >= 11 is 1.45. The van der Waals surface area contributed by atoms with Crippen molar-refractivity contribution < 1.29 is 0 Å². The summed E-state index contributed by atoms with van der Waals surface area (Å²) in [6.45, 7) is 0. The highest BCUT2D eigenvalue weighted by Gasteiger charge is 2.13. The highest BCUT2D eigenvalue weighted by Crippen LogP contribution is 2.29. The standard InChI is InChI=1S/C17H13N3S/c18-11-12-21-17-19-13-16(14-7-3-1-4-8-14)20(17)15-9-5-2-6-10-15/h1-10,13H,12H2. The van der Waals surface area contributed by atoms with Crippen molar-refractivity contribution in [2.24, 2.45) is 0 Å². The lowest BCUT2D eigenvalue weighted by Crippen LogP contribution is -1.99. The van der Waals surface area contributed by atoms with Crippen LogP contribution in [0.25, 0.3) is 16.9 Å². The lowest BCUT2D eigenvalue weighted by molar-refractivity contribution is 0.902. The summed E-state index contributed by atoms with van der Waals surface area (Å²) in [5, 5.41) is 9.64. The monoisotopic (exact) mass is 291 g/mol. The lowest BCUT2D eigenvalue weighted by atomic mass is 10.1. The number of benzene rings is 2. The van der Waals surface area contributed by atoms with Crippen molar-refractivity contribution in [2.45, 2.75) is 5.16 Å². The van der Waals surface area contributed by atoms with Crippen LogP contribution >= 0.6 is 11.8 Å². The van der Waals surface area contributed by atoms with Crippen molar-refractivity contribution >= 4 is 11.8 Å². The van der Waals surface area contributed by atoms with Gasteiger partial charge in [-0.1, -0.05) is 60.3 Å². The van der Waals surface area contributed by atoms with Crippen molar-refractivity contribution in [1.29, 1.82) is 5.26 Å². The first kappa shape index (κ1) is 13.5. The van der Waals surface area contributed by atoms with Gasteiger partial charge in [0.25, 0.3) is 0 Å². The normalized spacial score (nSPS) is 10.2. The topological polar surface area (TPSA) is 41.6 Å². The van der Waals surface area contributed by atoms with Crippen LogP contribution in [0.4, 0.5) is 0 Å². The Morgan fingerprint density at radius 3 is 2.33 bits per heavy atom.